The molecule has 0 spiro atoms. The smallest absolute Gasteiger partial charge is 0.265 e. The maximum atomic E-state index is 13.4. The summed E-state index contributed by atoms with van der Waals surface area (Å²) in [5.74, 6) is 0.936. The van der Waals surface area contributed by atoms with Gasteiger partial charge in [-0.25, -0.2) is 0 Å². The molecule has 1 atom stereocenters. The largest absolute Gasteiger partial charge is 0.486 e. The molecule has 178 valence electrons. The molecule has 0 fully saturated rings. The fraction of sp³-hybridized carbons (Fsp3) is 0.185. The van der Waals surface area contributed by atoms with Crippen LogP contribution in [0.25, 0.3) is 6.08 Å². The van der Waals surface area contributed by atoms with Gasteiger partial charge in [0.05, 0.1) is 16.6 Å². The number of carbonyl (C=O) groups excluding carboxylic acids is 2. The van der Waals surface area contributed by atoms with E-state index in [1.54, 1.807) is 4.90 Å². The van der Waals surface area contributed by atoms with Crippen molar-refractivity contribution in [3.63, 3.8) is 0 Å². The summed E-state index contributed by atoms with van der Waals surface area (Å²) in [4.78, 5) is 29.5. The van der Waals surface area contributed by atoms with Crippen LogP contribution in [0.4, 0.5) is 5.69 Å². The number of amides is 2. The van der Waals surface area contributed by atoms with E-state index in [-0.39, 0.29) is 24.4 Å². The molecule has 5 rings (SSSR count). The Kier molecular flexibility index (Phi) is 6.83. The Hall–Kier alpha value is -3.23. The average Bonchev–Trinajstić information content (AvgIpc) is 2.86. The van der Waals surface area contributed by atoms with Crippen molar-refractivity contribution in [2.75, 3.05) is 24.7 Å². The number of carbonyl (C=O) groups is 2. The van der Waals surface area contributed by atoms with Gasteiger partial charge in [-0.3, -0.25) is 14.5 Å². The summed E-state index contributed by atoms with van der Waals surface area (Å²) in [6.45, 7) is 2.85. The van der Waals surface area contributed by atoms with E-state index in [2.05, 4.69) is 21.2 Å². The third kappa shape index (κ3) is 5.23. The van der Waals surface area contributed by atoms with Crippen LogP contribution in [0.3, 0.4) is 0 Å². The molecule has 2 aliphatic heterocycles. The number of thioether (sulfide) groups is 1. The Morgan fingerprint density at radius 1 is 1.09 bits per heavy atom. The van der Waals surface area contributed by atoms with Crippen LogP contribution >= 0.6 is 27.7 Å². The minimum absolute atomic E-state index is 0.0822. The minimum atomic E-state index is -0.264. The van der Waals surface area contributed by atoms with Gasteiger partial charge in [0.25, 0.3) is 5.91 Å². The van der Waals surface area contributed by atoms with Crippen LogP contribution < -0.4 is 19.7 Å². The lowest BCUT2D eigenvalue weighted by molar-refractivity contribution is -0.122. The van der Waals surface area contributed by atoms with Crippen molar-refractivity contribution < 1.29 is 19.1 Å². The molecule has 3 aromatic rings. The van der Waals surface area contributed by atoms with Crippen molar-refractivity contribution in [3.05, 3.63) is 87.2 Å². The molecule has 0 saturated carbocycles. The van der Waals surface area contributed by atoms with Gasteiger partial charge in [-0.05, 0) is 60.5 Å². The highest BCUT2D eigenvalue weighted by atomic mass is 79.9. The molecular formula is C27H23BrN2O4S. The predicted molar refractivity (Wildman–Crippen MR) is 141 cm³/mol. The Labute approximate surface area is 216 Å². The van der Waals surface area contributed by atoms with Crippen LogP contribution in [0.15, 0.2) is 81.0 Å². The van der Waals surface area contributed by atoms with Gasteiger partial charge in [0.15, 0.2) is 11.5 Å². The van der Waals surface area contributed by atoms with E-state index in [0.717, 1.165) is 26.2 Å². The van der Waals surface area contributed by atoms with Crippen molar-refractivity contribution >= 4 is 51.3 Å². The first-order valence-electron chi connectivity index (χ1n) is 11.2. The van der Waals surface area contributed by atoms with Crippen molar-refractivity contribution in [1.82, 2.24) is 5.32 Å². The molecule has 8 heteroatoms. The van der Waals surface area contributed by atoms with Crippen LogP contribution in [0.1, 0.15) is 24.1 Å². The number of benzene rings is 3. The van der Waals surface area contributed by atoms with Crippen LogP contribution in [0, 0.1) is 0 Å². The van der Waals surface area contributed by atoms with E-state index >= 15 is 0 Å². The second kappa shape index (κ2) is 10.2. The molecule has 0 aromatic heterocycles. The van der Waals surface area contributed by atoms with Crippen molar-refractivity contribution in [3.8, 4) is 11.5 Å². The molecule has 2 aliphatic rings. The first-order chi connectivity index (χ1) is 17.0. The number of hydrogen-bond donors (Lipinski definition) is 1. The highest BCUT2D eigenvalue weighted by Gasteiger charge is 2.30. The molecule has 0 aliphatic carbocycles. The van der Waals surface area contributed by atoms with Gasteiger partial charge in [0.1, 0.15) is 19.8 Å². The normalized spacial score (nSPS) is 16.6. The Morgan fingerprint density at radius 3 is 2.71 bits per heavy atom. The van der Waals surface area contributed by atoms with E-state index in [1.165, 1.54) is 11.8 Å². The van der Waals surface area contributed by atoms with Gasteiger partial charge >= 0.3 is 0 Å². The molecule has 3 aromatic carbocycles. The molecule has 2 amide bonds. The van der Waals surface area contributed by atoms with Gasteiger partial charge in [-0.1, -0.05) is 58.0 Å². The number of rotatable bonds is 5. The fourth-order valence-corrected chi connectivity index (χ4v) is 5.49. The predicted octanol–water partition coefficient (Wildman–Crippen LogP) is 5.58. The van der Waals surface area contributed by atoms with Crippen molar-refractivity contribution in [1.29, 1.82) is 0 Å². The van der Waals surface area contributed by atoms with Crippen LogP contribution in [0.2, 0.25) is 0 Å². The lowest BCUT2D eigenvalue weighted by atomic mass is 10.1. The number of anilines is 1. The summed E-state index contributed by atoms with van der Waals surface area (Å²) in [6.07, 6.45) is 1.86. The zero-order valence-electron chi connectivity index (χ0n) is 19.0. The minimum Gasteiger partial charge on any atom is -0.486 e. The van der Waals surface area contributed by atoms with E-state index in [0.29, 0.717) is 29.6 Å². The van der Waals surface area contributed by atoms with Crippen LogP contribution in [0.5, 0.6) is 11.5 Å². The maximum absolute atomic E-state index is 13.4. The summed E-state index contributed by atoms with van der Waals surface area (Å²) in [7, 11) is 0. The van der Waals surface area contributed by atoms with Gasteiger partial charge < -0.3 is 14.8 Å². The van der Waals surface area contributed by atoms with Crippen LogP contribution in [-0.4, -0.2) is 31.6 Å². The first-order valence-corrected chi connectivity index (χ1v) is 12.8. The quantitative estimate of drug-likeness (QED) is 0.420. The van der Waals surface area contributed by atoms with Crippen LogP contribution in [-0.2, 0) is 9.59 Å². The number of fused-ring (bicyclic) bond motifs is 2. The summed E-state index contributed by atoms with van der Waals surface area (Å²) in [6, 6.07) is 20.8. The number of halogens is 1. The highest BCUT2D eigenvalue weighted by Crippen LogP contribution is 2.42. The van der Waals surface area contributed by atoms with E-state index in [4.69, 9.17) is 9.47 Å². The summed E-state index contributed by atoms with van der Waals surface area (Å²) in [5, 5.41) is 3.01. The lowest BCUT2D eigenvalue weighted by Gasteiger charge is -2.30. The van der Waals surface area contributed by atoms with E-state index < -0.39 is 0 Å². The average molecular weight is 551 g/mol. The third-order valence-electron chi connectivity index (χ3n) is 5.72. The molecule has 0 unspecified atom stereocenters. The molecule has 1 N–H and O–H groups in total. The molecule has 0 saturated heterocycles. The zero-order valence-corrected chi connectivity index (χ0v) is 21.4. The molecule has 6 nitrogen and oxygen atoms in total. The standard InChI is InChI=1S/C27H23BrN2O4S/c1-17(19-9-10-22-23(15-19)34-12-11-33-22)29-26(31)16-30-21-7-2-3-8-24(21)35-25(27(30)32)14-18-5-4-6-20(28)13-18/h2-10,13-15,17H,11-12,16H2,1H3,(H,29,31)/b25-14+/t17-/m0/s1. The number of ether oxygens (including phenoxy) is 2. The second-order valence-corrected chi connectivity index (χ2v) is 10.2. The zero-order chi connectivity index (χ0) is 24.4. The fourth-order valence-electron chi connectivity index (χ4n) is 4.01. The van der Waals surface area contributed by atoms with Gasteiger partial charge in [-0.2, -0.15) is 0 Å². The number of nitrogens with zero attached hydrogens (tertiary/aromatic N) is 1. The summed E-state index contributed by atoms with van der Waals surface area (Å²) >= 11 is 4.89. The lowest BCUT2D eigenvalue weighted by Crippen LogP contribution is -2.43. The van der Waals surface area contributed by atoms with Crippen molar-refractivity contribution in [2.45, 2.75) is 17.9 Å². The first kappa shape index (κ1) is 23.5. The van der Waals surface area contributed by atoms with Crippen molar-refractivity contribution in [2.24, 2.45) is 0 Å². The number of para-hydroxylation sites is 1. The van der Waals surface area contributed by atoms with Gasteiger partial charge in [0, 0.05) is 9.37 Å². The number of hydrogen-bond acceptors (Lipinski definition) is 5. The Bertz CT molecular complexity index is 1330. The Morgan fingerprint density at radius 2 is 1.89 bits per heavy atom. The summed E-state index contributed by atoms with van der Waals surface area (Å²) in [5.41, 5.74) is 2.54. The van der Waals surface area contributed by atoms with E-state index in [9.17, 15) is 9.59 Å². The monoisotopic (exact) mass is 550 g/mol. The second-order valence-electron chi connectivity index (χ2n) is 8.22. The molecule has 2 heterocycles. The number of nitrogens with one attached hydrogen (secondary N) is 1. The SMILES string of the molecule is C[C@H](NC(=O)CN1C(=O)/C(=C\c2cccc(Br)c2)Sc2ccccc21)c1ccc2c(c1)OCCO2. The van der Waals surface area contributed by atoms with Gasteiger partial charge in [-0.15, -0.1) is 0 Å². The third-order valence-corrected chi connectivity index (χ3v) is 7.29. The maximum Gasteiger partial charge on any atom is 0.265 e. The van der Waals surface area contributed by atoms with Gasteiger partial charge in [0.2, 0.25) is 5.91 Å². The van der Waals surface area contributed by atoms with E-state index in [1.807, 2.05) is 79.7 Å². The molecule has 0 radical (unpaired) electrons. The Balaban J connectivity index is 1.35. The topological polar surface area (TPSA) is 67.9 Å². The molecule has 0 bridgehead atoms. The molecule has 35 heavy (non-hydrogen) atoms. The summed E-state index contributed by atoms with van der Waals surface area (Å²) < 4.78 is 12.2. The highest BCUT2D eigenvalue weighted by molar-refractivity contribution is 9.10. The molecular weight excluding hydrogens is 528 g/mol.